The number of hydrogen-bond acceptors (Lipinski definition) is 4. The van der Waals surface area contributed by atoms with Crippen molar-refractivity contribution in [2.45, 2.75) is 19.3 Å². The number of carbonyl (C=O) groups excluding carboxylic acids is 1. The van der Waals surface area contributed by atoms with Gasteiger partial charge in [-0.05, 0) is 36.8 Å². The molecule has 1 amide bonds. The molecule has 1 atom stereocenters. The van der Waals surface area contributed by atoms with E-state index in [1.807, 2.05) is 65.3 Å². The van der Waals surface area contributed by atoms with Gasteiger partial charge in [0.25, 0.3) is 0 Å². The number of anilines is 1. The molecule has 0 saturated carbocycles. The first-order chi connectivity index (χ1) is 15.7. The predicted molar refractivity (Wildman–Crippen MR) is 121 cm³/mol. The summed E-state index contributed by atoms with van der Waals surface area (Å²) in [6.07, 6.45) is 0.339. The van der Waals surface area contributed by atoms with Crippen molar-refractivity contribution in [2.75, 3.05) is 12.1 Å². The number of nitrogens with zero attached hydrogens (tertiary/aromatic N) is 2. The highest BCUT2D eigenvalue weighted by Gasteiger charge is 2.35. The minimum absolute atomic E-state index is 0.0342. The smallest absolute Gasteiger partial charge is 0.231 e. The van der Waals surface area contributed by atoms with Crippen molar-refractivity contribution < 1.29 is 14.3 Å². The third-order valence-corrected chi connectivity index (χ3v) is 6.04. The summed E-state index contributed by atoms with van der Waals surface area (Å²) in [6, 6.07) is 24.1. The zero-order valence-electron chi connectivity index (χ0n) is 17.5. The molecule has 158 valence electrons. The number of aromatic nitrogens is 2. The van der Waals surface area contributed by atoms with E-state index in [9.17, 15) is 4.79 Å². The van der Waals surface area contributed by atoms with E-state index in [4.69, 9.17) is 14.6 Å². The van der Waals surface area contributed by atoms with E-state index in [1.54, 1.807) is 0 Å². The fourth-order valence-corrected chi connectivity index (χ4v) is 4.45. The zero-order chi connectivity index (χ0) is 21.7. The number of rotatable bonds is 3. The number of benzene rings is 3. The van der Waals surface area contributed by atoms with Crippen LogP contribution in [0.25, 0.3) is 16.9 Å². The Hall–Kier alpha value is -4.06. The third-order valence-electron chi connectivity index (χ3n) is 6.04. The Morgan fingerprint density at radius 2 is 1.75 bits per heavy atom. The molecule has 6 rings (SSSR count). The number of nitrogens with one attached hydrogen (secondary N) is 1. The topological polar surface area (TPSA) is 65.4 Å². The fourth-order valence-electron chi connectivity index (χ4n) is 4.45. The lowest BCUT2D eigenvalue weighted by Crippen LogP contribution is -2.24. The molecule has 1 unspecified atom stereocenters. The summed E-state index contributed by atoms with van der Waals surface area (Å²) < 4.78 is 12.9. The van der Waals surface area contributed by atoms with E-state index in [0.717, 1.165) is 33.8 Å². The summed E-state index contributed by atoms with van der Waals surface area (Å²) in [7, 11) is 0. The summed E-state index contributed by atoms with van der Waals surface area (Å²) in [4.78, 5) is 12.8. The van der Waals surface area contributed by atoms with E-state index in [2.05, 4.69) is 24.4 Å². The van der Waals surface area contributed by atoms with Crippen molar-refractivity contribution in [2.24, 2.45) is 0 Å². The highest BCUT2D eigenvalue weighted by atomic mass is 16.7. The standard InChI is InChI=1S/C26H21N3O3/c1-16-7-10-19(11-8-16)29-26-24(25(28-29)17-5-3-2-4-6-17)20(14-23(30)27-26)18-9-12-21-22(13-18)32-15-31-21/h2-13,20H,14-15H2,1H3,(H,27,30). The molecular formula is C26H21N3O3. The van der Waals surface area contributed by atoms with Gasteiger partial charge in [0, 0.05) is 23.5 Å². The zero-order valence-corrected chi connectivity index (χ0v) is 17.5. The highest BCUT2D eigenvalue weighted by Crippen LogP contribution is 2.45. The lowest BCUT2D eigenvalue weighted by molar-refractivity contribution is -0.116. The SMILES string of the molecule is Cc1ccc(-n2nc(-c3ccccc3)c3c2NC(=O)CC3c2ccc3c(c2)OCO3)cc1. The second kappa shape index (κ2) is 7.27. The molecule has 0 bridgehead atoms. The van der Waals surface area contributed by atoms with Crippen LogP contribution in [-0.2, 0) is 4.79 Å². The Kier molecular flexibility index (Phi) is 4.24. The van der Waals surface area contributed by atoms with Gasteiger partial charge in [-0.25, -0.2) is 4.68 Å². The summed E-state index contributed by atoms with van der Waals surface area (Å²) in [5, 5.41) is 8.08. The maximum absolute atomic E-state index is 12.8. The Labute approximate surface area is 185 Å². The van der Waals surface area contributed by atoms with Gasteiger partial charge in [-0.1, -0.05) is 54.1 Å². The van der Waals surface area contributed by atoms with Gasteiger partial charge in [-0.2, -0.15) is 5.10 Å². The second-order valence-corrected chi connectivity index (χ2v) is 8.14. The number of hydrogen-bond donors (Lipinski definition) is 1. The van der Waals surface area contributed by atoms with Crippen LogP contribution in [0, 0.1) is 6.92 Å². The molecule has 0 saturated heterocycles. The van der Waals surface area contributed by atoms with E-state index >= 15 is 0 Å². The van der Waals surface area contributed by atoms with Gasteiger partial charge in [-0.3, -0.25) is 4.79 Å². The van der Waals surface area contributed by atoms with Gasteiger partial charge in [-0.15, -0.1) is 0 Å². The van der Waals surface area contributed by atoms with E-state index in [-0.39, 0.29) is 18.6 Å². The van der Waals surface area contributed by atoms with E-state index in [1.165, 1.54) is 5.56 Å². The Bertz CT molecular complexity index is 1330. The quantitative estimate of drug-likeness (QED) is 0.501. The molecular weight excluding hydrogens is 402 g/mol. The Morgan fingerprint density at radius 3 is 2.56 bits per heavy atom. The molecule has 6 nitrogen and oxygen atoms in total. The first-order valence-electron chi connectivity index (χ1n) is 10.6. The minimum Gasteiger partial charge on any atom is -0.454 e. The molecule has 2 aliphatic heterocycles. The lowest BCUT2D eigenvalue weighted by atomic mass is 9.84. The molecule has 1 aromatic heterocycles. The monoisotopic (exact) mass is 423 g/mol. The molecule has 3 heterocycles. The maximum Gasteiger partial charge on any atom is 0.231 e. The van der Waals surface area contributed by atoms with Gasteiger partial charge in [0.2, 0.25) is 12.7 Å². The Balaban J connectivity index is 1.58. The summed E-state index contributed by atoms with van der Waals surface area (Å²) in [5.74, 6) is 1.97. The van der Waals surface area contributed by atoms with Crippen molar-refractivity contribution in [1.82, 2.24) is 9.78 Å². The van der Waals surface area contributed by atoms with Crippen LogP contribution in [0.15, 0.2) is 72.8 Å². The number of amides is 1. The van der Waals surface area contributed by atoms with Crippen LogP contribution < -0.4 is 14.8 Å². The van der Waals surface area contributed by atoms with Crippen LogP contribution in [0.3, 0.4) is 0 Å². The van der Waals surface area contributed by atoms with Crippen molar-refractivity contribution in [1.29, 1.82) is 0 Å². The summed E-state index contributed by atoms with van der Waals surface area (Å²) in [5.41, 5.74) is 5.96. The molecule has 1 N–H and O–H groups in total. The molecule has 0 radical (unpaired) electrons. The average molecular weight is 423 g/mol. The van der Waals surface area contributed by atoms with Crippen molar-refractivity contribution in [3.63, 3.8) is 0 Å². The van der Waals surface area contributed by atoms with Gasteiger partial charge in [0.05, 0.1) is 11.4 Å². The van der Waals surface area contributed by atoms with Crippen LogP contribution in [0.1, 0.15) is 29.0 Å². The number of aryl methyl sites for hydroxylation is 1. The van der Waals surface area contributed by atoms with Crippen LogP contribution >= 0.6 is 0 Å². The van der Waals surface area contributed by atoms with E-state index < -0.39 is 0 Å². The van der Waals surface area contributed by atoms with Crippen LogP contribution in [0.4, 0.5) is 5.82 Å². The second-order valence-electron chi connectivity index (χ2n) is 8.14. The van der Waals surface area contributed by atoms with Crippen LogP contribution in [-0.4, -0.2) is 22.5 Å². The molecule has 0 spiro atoms. The van der Waals surface area contributed by atoms with Gasteiger partial charge >= 0.3 is 0 Å². The Morgan fingerprint density at radius 1 is 0.969 bits per heavy atom. The van der Waals surface area contributed by atoms with Crippen molar-refractivity contribution in [3.8, 4) is 28.4 Å². The van der Waals surface area contributed by atoms with Crippen molar-refractivity contribution >= 4 is 11.7 Å². The molecule has 6 heteroatoms. The maximum atomic E-state index is 12.8. The first kappa shape index (κ1) is 18.7. The molecule has 2 aliphatic rings. The van der Waals surface area contributed by atoms with Gasteiger partial charge < -0.3 is 14.8 Å². The lowest BCUT2D eigenvalue weighted by Gasteiger charge is -2.25. The molecule has 3 aromatic carbocycles. The third kappa shape index (κ3) is 3.03. The van der Waals surface area contributed by atoms with Crippen LogP contribution in [0.5, 0.6) is 11.5 Å². The molecule has 4 aromatic rings. The first-order valence-corrected chi connectivity index (χ1v) is 10.6. The molecule has 0 fully saturated rings. The normalized spacial score (nSPS) is 16.5. The largest absolute Gasteiger partial charge is 0.454 e. The summed E-state index contributed by atoms with van der Waals surface area (Å²) >= 11 is 0. The minimum atomic E-state index is -0.150. The number of ether oxygens (including phenoxy) is 2. The van der Waals surface area contributed by atoms with Gasteiger partial charge in [0.15, 0.2) is 11.5 Å². The van der Waals surface area contributed by atoms with Crippen LogP contribution in [0.2, 0.25) is 0 Å². The number of fused-ring (bicyclic) bond motifs is 2. The van der Waals surface area contributed by atoms with Gasteiger partial charge in [0.1, 0.15) is 5.82 Å². The predicted octanol–water partition coefficient (Wildman–Crippen LogP) is 5.05. The average Bonchev–Trinajstić information content (AvgIpc) is 3.44. The fraction of sp³-hybridized carbons (Fsp3) is 0.154. The summed E-state index contributed by atoms with van der Waals surface area (Å²) in [6.45, 7) is 2.27. The highest BCUT2D eigenvalue weighted by molar-refractivity contribution is 5.96. The van der Waals surface area contributed by atoms with E-state index in [0.29, 0.717) is 18.0 Å². The molecule has 0 aliphatic carbocycles. The molecule has 32 heavy (non-hydrogen) atoms. The number of carbonyl (C=O) groups is 1. The van der Waals surface area contributed by atoms with Crippen molar-refractivity contribution in [3.05, 3.63) is 89.5 Å².